The highest BCUT2D eigenvalue weighted by Gasteiger charge is 2.07. The molecule has 1 N–H and O–H groups in total. The van der Waals surface area contributed by atoms with Crippen LogP contribution in [0, 0.1) is 11.8 Å². The Morgan fingerprint density at radius 2 is 1.95 bits per heavy atom. The Kier molecular flexibility index (Phi) is 6.78. The highest BCUT2D eigenvalue weighted by Crippen LogP contribution is 2.11. The second kappa shape index (κ2) is 8.10. The number of nitrogens with zero attached hydrogens (tertiary/aromatic N) is 3. The minimum Gasteiger partial charge on any atom is -0.358 e. The van der Waals surface area contributed by atoms with Crippen molar-refractivity contribution in [3.8, 4) is 0 Å². The maximum Gasteiger partial charge on any atom is 0.146 e. The fourth-order valence-electron chi connectivity index (χ4n) is 1.82. The predicted octanol–water partition coefficient (Wildman–Crippen LogP) is 2.70. The number of hydrogen-bond acceptors (Lipinski definition) is 4. The molecule has 0 radical (unpaired) electrons. The van der Waals surface area contributed by atoms with Gasteiger partial charge in [-0.2, -0.15) is 0 Å². The van der Waals surface area contributed by atoms with E-state index in [1.165, 1.54) is 6.42 Å². The van der Waals surface area contributed by atoms with E-state index in [9.17, 15) is 0 Å². The molecule has 0 spiro atoms. The zero-order valence-electron chi connectivity index (χ0n) is 13.0. The monoisotopic (exact) mass is 264 g/mol. The third kappa shape index (κ3) is 6.01. The van der Waals surface area contributed by atoms with E-state index in [4.69, 9.17) is 0 Å². The van der Waals surface area contributed by atoms with Gasteiger partial charge in [0, 0.05) is 20.1 Å². The van der Waals surface area contributed by atoms with Crippen molar-refractivity contribution in [1.82, 2.24) is 15.3 Å². The van der Waals surface area contributed by atoms with Crippen LogP contribution in [-0.2, 0) is 6.54 Å². The van der Waals surface area contributed by atoms with Gasteiger partial charge in [-0.3, -0.25) is 4.98 Å². The first-order valence-corrected chi connectivity index (χ1v) is 7.25. The van der Waals surface area contributed by atoms with Gasteiger partial charge in [0.1, 0.15) is 5.82 Å². The molecule has 1 heterocycles. The van der Waals surface area contributed by atoms with Gasteiger partial charge < -0.3 is 10.2 Å². The maximum atomic E-state index is 4.49. The van der Waals surface area contributed by atoms with E-state index in [0.717, 1.165) is 31.1 Å². The van der Waals surface area contributed by atoms with Gasteiger partial charge in [0.2, 0.25) is 0 Å². The van der Waals surface area contributed by atoms with Gasteiger partial charge in [-0.25, -0.2) is 4.98 Å². The highest BCUT2D eigenvalue weighted by atomic mass is 15.2. The summed E-state index contributed by atoms with van der Waals surface area (Å²) in [5.74, 6) is 2.29. The average molecular weight is 264 g/mol. The van der Waals surface area contributed by atoms with Crippen molar-refractivity contribution in [2.45, 2.75) is 40.7 Å². The van der Waals surface area contributed by atoms with Gasteiger partial charge in [0.05, 0.1) is 18.1 Å². The van der Waals surface area contributed by atoms with Crippen molar-refractivity contribution in [1.29, 1.82) is 0 Å². The minimum absolute atomic E-state index is 0.661. The van der Waals surface area contributed by atoms with Crippen LogP contribution in [-0.4, -0.2) is 30.1 Å². The molecule has 0 saturated heterocycles. The summed E-state index contributed by atoms with van der Waals surface area (Å²) in [5, 5.41) is 3.38. The van der Waals surface area contributed by atoms with Crippen LogP contribution >= 0.6 is 0 Å². The number of aromatic nitrogens is 2. The molecule has 0 aliphatic rings. The number of hydrogen-bond donors (Lipinski definition) is 1. The first-order valence-electron chi connectivity index (χ1n) is 7.25. The first kappa shape index (κ1) is 15.9. The van der Waals surface area contributed by atoms with Crippen molar-refractivity contribution in [3.63, 3.8) is 0 Å². The zero-order chi connectivity index (χ0) is 14.3. The molecule has 4 nitrogen and oxygen atoms in total. The summed E-state index contributed by atoms with van der Waals surface area (Å²) in [7, 11) is 2.08. The maximum absolute atomic E-state index is 4.49. The minimum atomic E-state index is 0.661. The molecule has 0 bridgehead atoms. The van der Waals surface area contributed by atoms with E-state index in [1.54, 1.807) is 0 Å². The van der Waals surface area contributed by atoms with Crippen LogP contribution in [0.5, 0.6) is 0 Å². The molecule has 1 unspecified atom stereocenters. The van der Waals surface area contributed by atoms with Gasteiger partial charge in [0.15, 0.2) is 0 Å². The van der Waals surface area contributed by atoms with Crippen LogP contribution in [0.4, 0.5) is 5.82 Å². The Balaban J connectivity index is 2.46. The normalized spacial score (nSPS) is 12.7. The van der Waals surface area contributed by atoms with E-state index >= 15 is 0 Å². The third-order valence-electron chi connectivity index (χ3n) is 3.22. The largest absolute Gasteiger partial charge is 0.358 e. The lowest BCUT2D eigenvalue weighted by Gasteiger charge is -2.21. The molecule has 0 aliphatic carbocycles. The molecular weight excluding hydrogens is 236 g/mol. The van der Waals surface area contributed by atoms with E-state index in [0.29, 0.717) is 11.8 Å². The molecule has 0 saturated carbocycles. The van der Waals surface area contributed by atoms with E-state index in [1.807, 2.05) is 12.4 Å². The fraction of sp³-hybridized carbons (Fsp3) is 0.733. The molecule has 4 heteroatoms. The first-order chi connectivity index (χ1) is 9.02. The van der Waals surface area contributed by atoms with Crippen LogP contribution < -0.4 is 10.2 Å². The Morgan fingerprint density at radius 1 is 1.21 bits per heavy atom. The second-order valence-electron chi connectivity index (χ2n) is 5.78. The molecule has 1 aromatic heterocycles. The molecule has 0 amide bonds. The molecular formula is C15H28N4. The SMILES string of the molecule is CCC(C)CN(C)c1cnc(CNCC(C)C)cn1. The molecule has 0 aromatic carbocycles. The Bertz CT molecular complexity index is 348. The zero-order valence-corrected chi connectivity index (χ0v) is 13.0. The van der Waals surface area contributed by atoms with Gasteiger partial charge in [-0.1, -0.05) is 34.1 Å². The van der Waals surface area contributed by atoms with Crippen LogP contribution in [0.25, 0.3) is 0 Å². The van der Waals surface area contributed by atoms with Crippen molar-refractivity contribution in [3.05, 3.63) is 18.1 Å². The number of nitrogens with one attached hydrogen (secondary N) is 1. The molecule has 108 valence electrons. The molecule has 0 aliphatic heterocycles. The molecule has 1 rings (SSSR count). The summed E-state index contributed by atoms with van der Waals surface area (Å²) in [5.41, 5.74) is 1.00. The molecule has 0 fully saturated rings. The van der Waals surface area contributed by atoms with E-state index in [-0.39, 0.29) is 0 Å². The lowest BCUT2D eigenvalue weighted by Crippen LogP contribution is -2.25. The summed E-state index contributed by atoms with van der Waals surface area (Å²) in [4.78, 5) is 11.1. The summed E-state index contributed by atoms with van der Waals surface area (Å²) < 4.78 is 0. The van der Waals surface area contributed by atoms with Crippen molar-refractivity contribution >= 4 is 5.82 Å². The summed E-state index contributed by atoms with van der Waals surface area (Å²) in [6.45, 7) is 11.7. The Hall–Kier alpha value is -1.16. The Morgan fingerprint density at radius 3 is 2.47 bits per heavy atom. The topological polar surface area (TPSA) is 41.1 Å². The smallest absolute Gasteiger partial charge is 0.146 e. The summed E-state index contributed by atoms with van der Waals surface area (Å²) in [6, 6.07) is 0. The van der Waals surface area contributed by atoms with Crippen molar-refractivity contribution in [2.75, 3.05) is 25.0 Å². The quantitative estimate of drug-likeness (QED) is 0.784. The predicted molar refractivity (Wildman–Crippen MR) is 81.3 cm³/mol. The van der Waals surface area contributed by atoms with Gasteiger partial charge in [-0.15, -0.1) is 0 Å². The van der Waals surface area contributed by atoms with Gasteiger partial charge in [-0.05, 0) is 18.4 Å². The van der Waals surface area contributed by atoms with Crippen LogP contribution in [0.15, 0.2) is 12.4 Å². The Labute approximate surface area is 117 Å². The van der Waals surface area contributed by atoms with Crippen molar-refractivity contribution < 1.29 is 0 Å². The number of rotatable bonds is 8. The van der Waals surface area contributed by atoms with Crippen LogP contribution in [0.3, 0.4) is 0 Å². The summed E-state index contributed by atoms with van der Waals surface area (Å²) in [6.07, 6.45) is 4.93. The number of anilines is 1. The van der Waals surface area contributed by atoms with Crippen molar-refractivity contribution in [2.24, 2.45) is 11.8 Å². The van der Waals surface area contributed by atoms with Crippen LogP contribution in [0.2, 0.25) is 0 Å². The molecule has 19 heavy (non-hydrogen) atoms. The lowest BCUT2D eigenvalue weighted by atomic mass is 10.1. The fourth-order valence-corrected chi connectivity index (χ4v) is 1.82. The van der Waals surface area contributed by atoms with Crippen LogP contribution in [0.1, 0.15) is 39.8 Å². The summed E-state index contributed by atoms with van der Waals surface area (Å²) >= 11 is 0. The van der Waals surface area contributed by atoms with E-state index < -0.39 is 0 Å². The van der Waals surface area contributed by atoms with Gasteiger partial charge in [0.25, 0.3) is 0 Å². The second-order valence-corrected chi connectivity index (χ2v) is 5.78. The van der Waals surface area contributed by atoms with E-state index in [2.05, 4.69) is 54.9 Å². The molecule has 1 aromatic rings. The highest BCUT2D eigenvalue weighted by molar-refractivity contribution is 5.34. The average Bonchev–Trinajstić information content (AvgIpc) is 2.38. The van der Waals surface area contributed by atoms with Gasteiger partial charge >= 0.3 is 0 Å². The molecule has 1 atom stereocenters. The standard InChI is InChI=1S/C15H28N4/c1-6-13(4)11-19(5)15-10-17-14(9-18-15)8-16-7-12(2)3/h9-10,12-13,16H,6-8,11H2,1-5H3. The third-order valence-corrected chi connectivity index (χ3v) is 3.22. The lowest BCUT2D eigenvalue weighted by molar-refractivity contribution is 0.546.